The molecule has 0 aliphatic carbocycles. The summed E-state index contributed by atoms with van der Waals surface area (Å²) in [7, 11) is 0. The van der Waals surface area contributed by atoms with Crippen molar-refractivity contribution >= 4 is 11.6 Å². The van der Waals surface area contributed by atoms with Crippen LogP contribution in [0.1, 0.15) is 0 Å². The molecule has 0 amide bonds. The van der Waals surface area contributed by atoms with Crippen molar-refractivity contribution in [3.8, 4) is 0 Å². The number of allylic oxidation sites excluding steroid dienone is 3. The van der Waals surface area contributed by atoms with Gasteiger partial charge in [-0.2, -0.15) is 0 Å². The van der Waals surface area contributed by atoms with E-state index in [4.69, 9.17) is 11.6 Å². The van der Waals surface area contributed by atoms with Crippen molar-refractivity contribution in [2.75, 3.05) is 13.1 Å². The number of hydrogen-bond donors (Lipinski definition) is 1. The Morgan fingerprint density at radius 3 is 2.42 bits per heavy atom. The minimum Gasteiger partial charge on any atom is -0.315 e. The lowest BCUT2D eigenvalue weighted by Crippen LogP contribution is -2.42. The Labute approximate surface area is 76.6 Å². The second-order valence-corrected chi connectivity index (χ2v) is 3.23. The predicted molar refractivity (Wildman–Crippen MR) is 49.7 cm³/mol. The van der Waals surface area contributed by atoms with Crippen LogP contribution in [0.15, 0.2) is 35.7 Å². The largest absolute Gasteiger partial charge is 0.315 e. The van der Waals surface area contributed by atoms with E-state index in [1.165, 1.54) is 6.08 Å². The van der Waals surface area contributed by atoms with Gasteiger partial charge in [0.05, 0.1) is 0 Å². The van der Waals surface area contributed by atoms with E-state index in [2.05, 4.69) is 18.5 Å². The fourth-order valence-corrected chi connectivity index (χ4v) is 1.23. The molecule has 1 nitrogen and oxygen atoms in total. The highest BCUT2D eigenvalue weighted by molar-refractivity contribution is 6.32. The highest BCUT2D eigenvalue weighted by Gasteiger charge is 2.21. The van der Waals surface area contributed by atoms with Crippen molar-refractivity contribution in [3.05, 3.63) is 35.7 Å². The first-order chi connectivity index (χ1) is 5.61. The molecule has 1 aliphatic rings. The van der Waals surface area contributed by atoms with E-state index >= 15 is 0 Å². The maximum absolute atomic E-state index is 12.3. The van der Waals surface area contributed by atoms with Crippen LogP contribution in [0.3, 0.4) is 0 Å². The summed E-state index contributed by atoms with van der Waals surface area (Å²) in [5.74, 6) is -0.179. The van der Waals surface area contributed by atoms with E-state index in [1.54, 1.807) is 0 Å². The molecule has 0 aromatic carbocycles. The highest BCUT2D eigenvalue weighted by atomic mass is 35.5. The average Bonchev–Trinajstić information content (AvgIpc) is 1.81. The van der Waals surface area contributed by atoms with Crippen molar-refractivity contribution < 1.29 is 4.39 Å². The molecule has 1 aliphatic heterocycles. The van der Waals surface area contributed by atoms with E-state index in [-0.39, 0.29) is 0 Å². The van der Waals surface area contributed by atoms with Crippen LogP contribution in [0.4, 0.5) is 4.39 Å². The van der Waals surface area contributed by atoms with Crippen LogP contribution in [-0.2, 0) is 0 Å². The lowest BCUT2D eigenvalue weighted by molar-refractivity contribution is 0.405. The van der Waals surface area contributed by atoms with Crippen LogP contribution in [0.25, 0.3) is 0 Å². The summed E-state index contributed by atoms with van der Waals surface area (Å²) in [5.41, 5.74) is 0.786. The summed E-state index contributed by atoms with van der Waals surface area (Å²) < 4.78 is 12.3. The lowest BCUT2D eigenvalue weighted by atomic mass is 9.94. The molecule has 0 atom stereocenters. The van der Waals surface area contributed by atoms with Gasteiger partial charge in [0.25, 0.3) is 0 Å². The molecule has 66 valence electrons. The van der Waals surface area contributed by atoms with Crippen molar-refractivity contribution in [2.24, 2.45) is 5.92 Å². The normalized spacial score (nSPS) is 18.7. The minimum absolute atomic E-state index is 0.355. The third-order valence-corrected chi connectivity index (χ3v) is 2.22. The Morgan fingerprint density at radius 2 is 2.08 bits per heavy atom. The average molecular weight is 188 g/mol. The van der Waals surface area contributed by atoms with Gasteiger partial charge in [-0.1, -0.05) is 24.8 Å². The Hall–Kier alpha value is -0.600. The fourth-order valence-electron chi connectivity index (χ4n) is 0.960. The maximum Gasteiger partial charge on any atom is 0.117 e. The summed E-state index contributed by atoms with van der Waals surface area (Å²) in [5, 5.41) is 3.46. The zero-order chi connectivity index (χ0) is 9.14. The Kier molecular flexibility index (Phi) is 3.06. The number of nitrogens with one attached hydrogen (secondary N) is 1. The number of hydrogen-bond acceptors (Lipinski definition) is 1. The van der Waals surface area contributed by atoms with Crippen LogP contribution in [0.5, 0.6) is 0 Å². The molecule has 0 aromatic rings. The molecular weight excluding hydrogens is 177 g/mol. The van der Waals surface area contributed by atoms with Crippen molar-refractivity contribution in [3.63, 3.8) is 0 Å². The van der Waals surface area contributed by atoms with Crippen LogP contribution >= 0.6 is 11.6 Å². The van der Waals surface area contributed by atoms with Crippen molar-refractivity contribution in [1.82, 2.24) is 5.32 Å². The van der Waals surface area contributed by atoms with Gasteiger partial charge in [0.15, 0.2) is 0 Å². The molecule has 0 spiro atoms. The monoisotopic (exact) mass is 187 g/mol. The third kappa shape index (κ3) is 2.19. The van der Waals surface area contributed by atoms with Crippen molar-refractivity contribution in [2.45, 2.75) is 0 Å². The van der Waals surface area contributed by atoms with E-state index < -0.39 is 5.83 Å². The Bertz CT molecular complexity index is 241. The molecule has 1 fully saturated rings. The third-order valence-electron chi connectivity index (χ3n) is 1.86. The van der Waals surface area contributed by atoms with Gasteiger partial charge in [-0.15, -0.1) is 0 Å². The summed E-state index contributed by atoms with van der Waals surface area (Å²) in [4.78, 5) is 0. The second-order valence-electron chi connectivity index (χ2n) is 2.82. The standard InChI is InChI=1S/C9H11ClFN/c1-6(11)3-9(10)7(2)8-4-12-5-8/h3,8,12H,1-2,4-5H2/b9-3+. The fraction of sp³-hybridized carbons (Fsp3) is 0.333. The van der Waals surface area contributed by atoms with Crippen LogP contribution < -0.4 is 5.32 Å². The molecule has 0 unspecified atom stereocenters. The minimum atomic E-state index is -0.534. The van der Waals surface area contributed by atoms with Gasteiger partial charge in [-0.25, -0.2) is 4.39 Å². The quantitative estimate of drug-likeness (QED) is 0.669. The van der Waals surface area contributed by atoms with Crippen LogP contribution in [0, 0.1) is 5.92 Å². The topological polar surface area (TPSA) is 12.0 Å². The van der Waals surface area contributed by atoms with Gasteiger partial charge in [0.2, 0.25) is 0 Å². The van der Waals surface area contributed by atoms with E-state index in [0.29, 0.717) is 11.0 Å². The van der Waals surface area contributed by atoms with Gasteiger partial charge >= 0.3 is 0 Å². The van der Waals surface area contributed by atoms with E-state index in [1.807, 2.05) is 0 Å². The van der Waals surface area contributed by atoms with Gasteiger partial charge in [-0.05, 0) is 11.6 Å². The summed E-state index contributed by atoms with van der Waals surface area (Å²) in [6.45, 7) is 8.63. The van der Waals surface area contributed by atoms with Gasteiger partial charge < -0.3 is 5.32 Å². The molecule has 12 heavy (non-hydrogen) atoms. The number of halogens is 2. The first-order valence-electron chi connectivity index (χ1n) is 3.72. The SMILES string of the molecule is C=C(F)/C=C(/Cl)C(=C)C1CNC1. The predicted octanol–water partition coefficient (Wildman–Crippen LogP) is 2.37. The zero-order valence-electron chi connectivity index (χ0n) is 6.74. The molecule has 1 heterocycles. The molecule has 0 radical (unpaired) electrons. The molecule has 1 saturated heterocycles. The zero-order valence-corrected chi connectivity index (χ0v) is 7.49. The van der Waals surface area contributed by atoms with Gasteiger partial charge in [0, 0.05) is 24.0 Å². The van der Waals surface area contributed by atoms with E-state index in [9.17, 15) is 4.39 Å². The van der Waals surface area contributed by atoms with E-state index in [0.717, 1.165) is 18.7 Å². The Balaban J connectivity index is 2.56. The van der Waals surface area contributed by atoms with Crippen LogP contribution in [0.2, 0.25) is 0 Å². The van der Waals surface area contributed by atoms with Gasteiger partial charge in [-0.3, -0.25) is 0 Å². The molecule has 1 N–H and O–H groups in total. The highest BCUT2D eigenvalue weighted by Crippen LogP contribution is 2.25. The Morgan fingerprint density at radius 1 is 1.50 bits per heavy atom. The molecule has 0 saturated carbocycles. The molecule has 0 aromatic heterocycles. The summed E-state index contributed by atoms with van der Waals surface area (Å²) >= 11 is 5.77. The molecular formula is C9H11ClFN. The number of rotatable bonds is 3. The molecule has 0 bridgehead atoms. The smallest absolute Gasteiger partial charge is 0.117 e. The first kappa shape index (κ1) is 9.49. The molecule has 1 rings (SSSR count). The second kappa shape index (κ2) is 3.87. The molecule has 3 heteroatoms. The summed E-state index contributed by atoms with van der Waals surface area (Å²) in [6.07, 6.45) is 1.20. The first-order valence-corrected chi connectivity index (χ1v) is 4.10. The van der Waals surface area contributed by atoms with Crippen LogP contribution in [-0.4, -0.2) is 13.1 Å². The van der Waals surface area contributed by atoms with Gasteiger partial charge in [0.1, 0.15) is 5.83 Å². The summed E-state index contributed by atoms with van der Waals surface area (Å²) in [6, 6.07) is 0. The van der Waals surface area contributed by atoms with Crippen molar-refractivity contribution in [1.29, 1.82) is 0 Å². The maximum atomic E-state index is 12.3. The lowest BCUT2D eigenvalue weighted by Gasteiger charge is -2.28.